The number of nitrogens with one attached hydrogen (secondary N) is 2. The number of aryl methyl sites for hydroxylation is 2. The molecule has 6 heteroatoms. The van der Waals surface area contributed by atoms with Gasteiger partial charge in [0, 0.05) is 11.4 Å². The fraction of sp³-hybridized carbons (Fsp3) is 0.0833. The van der Waals surface area contributed by atoms with Crippen molar-refractivity contribution in [3.63, 3.8) is 0 Å². The highest BCUT2D eigenvalue weighted by Gasteiger charge is 2.14. The van der Waals surface area contributed by atoms with Gasteiger partial charge in [0.15, 0.2) is 22.6 Å². The lowest BCUT2D eigenvalue weighted by atomic mass is 10.2. The van der Waals surface area contributed by atoms with Crippen LogP contribution in [0.25, 0.3) is 28.0 Å². The predicted octanol–water partition coefficient (Wildman–Crippen LogP) is 4.81. The van der Waals surface area contributed by atoms with E-state index in [2.05, 4.69) is 10.3 Å². The molecule has 146 valence electrons. The van der Waals surface area contributed by atoms with Crippen LogP contribution in [0.4, 0.5) is 11.5 Å². The second-order valence-electron chi connectivity index (χ2n) is 7.33. The molecule has 5 aromatic rings. The molecule has 2 heterocycles. The largest absolute Gasteiger partial charge is 0.337 e. The van der Waals surface area contributed by atoms with E-state index in [0.29, 0.717) is 17.1 Å². The standard InChI is InChI=1S/C24H20N6/c1-15-7-11-17(12-8-15)26-22-21(25)30(18-13-9-16(2)10-14-18)24-23(29-22)27-19-5-3-4-6-20(19)28-24/h3-14,25H,1-2H3,(H,26,27,29). The van der Waals surface area contributed by atoms with Gasteiger partial charge in [-0.25, -0.2) is 15.0 Å². The Kier molecular flexibility index (Phi) is 4.25. The van der Waals surface area contributed by atoms with Crippen molar-refractivity contribution < 1.29 is 0 Å². The van der Waals surface area contributed by atoms with Gasteiger partial charge in [0.05, 0.1) is 11.0 Å². The summed E-state index contributed by atoms with van der Waals surface area (Å²) in [7, 11) is 0. The highest BCUT2D eigenvalue weighted by atomic mass is 15.2. The second kappa shape index (κ2) is 7.08. The van der Waals surface area contributed by atoms with E-state index in [-0.39, 0.29) is 5.49 Å². The Balaban J connectivity index is 1.79. The van der Waals surface area contributed by atoms with Crippen molar-refractivity contribution in [3.05, 3.63) is 89.4 Å². The quantitative estimate of drug-likeness (QED) is 0.432. The lowest BCUT2D eigenvalue weighted by Gasteiger charge is -2.15. The highest BCUT2D eigenvalue weighted by Crippen LogP contribution is 2.20. The van der Waals surface area contributed by atoms with Gasteiger partial charge >= 0.3 is 0 Å². The number of nitrogens with zero attached hydrogens (tertiary/aromatic N) is 4. The molecule has 0 aliphatic heterocycles. The van der Waals surface area contributed by atoms with Gasteiger partial charge in [0.2, 0.25) is 0 Å². The van der Waals surface area contributed by atoms with Gasteiger partial charge < -0.3 is 5.32 Å². The Bertz CT molecular complexity index is 1430. The lowest BCUT2D eigenvalue weighted by molar-refractivity contribution is 0.928. The summed E-state index contributed by atoms with van der Waals surface area (Å²) < 4.78 is 1.79. The van der Waals surface area contributed by atoms with Gasteiger partial charge in [0.1, 0.15) is 0 Å². The molecule has 2 aromatic heterocycles. The minimum absolute atomic E-state index is 0.219. The van der Waals surface area contributed by atoms with Crippen molar-refractivity contribution in [2.24, 2.45) is 0 Å². The van der Waals surface area contributed by atoms with E-state index < -0.39 is 0 Å². The third-order valence-electron chi connectivity index (χ3n) is 5.02. The summed E-state index contributed by atoms with van der Waals surface area (Å²) in [5.74, 6) is 0.427. The SMILES string of the molecule is Cc1ccc(Nc2nc3nc4ccccc4nc3n(-c3ccc(C)cc3)c2=N)cc1. The molecule has 6 nitrogen and oxygen atoms in total. The first-order valence-corrected chi connectivity index (χ1v) is 9.73. The van der Waals surface area contributed by atoms with E-state index in [1.54, 1.807) is 4.57 Å². The van der Waals surface area contributed by atoms with Crippen LogP contribution in [-0.2, 0) is 0 Å². The monoisotopic (exact) mass is 392 g/mol. The molecule has 0 amide bonds. The smallest absolute Gasteiger partial charge is 0.199 e. The van der Waals surface area contributed by atoms with Crippen LogP contribution in [0.15, 0.2) is 72.8 Å². The molecule has 30 heavy (non-hydrogen) atoms. The molecule has 0 bridgehead atoms. The zero-order valence-electron chi connectivity index (χ0n) is 16.7. The fourth-order valence-corrected chi connectivity index (χ4v) is 3.38. The van der Waals surface area contributed by atoms with Crippen LogP contribution in [0.3, 0.4) is 0 Å². The number of hydrogen-bond donors (Lipinski definition) is 2. The van der Waals surface area contributed by atoms with E-state index in [1.165, 1.54) is 5.56 Å². The molecule has 5 rings (SSSR count). The number of rotatable bonds is 3. The van der Waals surface area contributed by atoms with E-state index in [0.717, 1.165) is 28.0 Å². The Labute approximate surface area is 173 Å². The average molecular weight is 392 g/mol. The van der Waals surface area contributed by atoms with Gasteiger partial charge in [-0.15, -0.1) is 0 Å². The molecule has 0 aliphatic carbocycles. The van der Waals surface area contributed by atoms with Crippen molar-refractivity contribution in [1.82, 2.24) is 19.5 Å². The van der Waals surface area contributed by atoms with Crippen LogP contribution in [0, 0.1) is 19.3 Å². The van der Waals surface area contributed by atoms with Crippen molar-refractivity contribution >= 4 is 33.8 Å². The fourth-order valence-electron chi connectivity index (χ4n) is 3.38. The highest BCUT2D eigenvalue weighted by molar-refractivity contribution is 5.84. The number of benzene rings is 3. The van der Waals surface area contributed by atoms with Gasteiger partial charge in [-0.3, -0.25) is 9.98 Å². The minimum Gasteiger partial charge on any atom is -0.337 e. The van der Waals surface area contributed by atoms with E-state index in [9.17, 15) is 0 Å². The lowest BCUT2D eigenvalue weighted by Crippen LogP contribution is -2.24. The first kappa shape index (κ1) is 18.0. The normalized spacial score (nSPS) is 11.1. The third-order valence-corrected chi connectivity index (χ3v) is 5.02. The molecule has 2 N–H and O–H groups in total. The second-order valence-corrected chi connectivity index (χ2v) is 7.33. The maximum absolute atomic E-state index is 8.89. The Morgan fingerprint density at radius 2 is 1.33 bits per heavy atom. The van der Waals surface area contributed by atoms with Gasteiger partial charge in [0.25, 0.3) is 0 Å². The van der Waals surface area contributed by atoms with Crippen LogP contribution in [0.2, 0.25) is 0 Å². The molecular formula is C24H20N6. The summed E-state index contributed by atoms with van der Waals surface area (Å²) in [5, 5.41) is 12.2. The summed E-state index contributed by atoms with van der Waals surface area (Å²) in [4.78, 5) is 14.2. The van der Waals surface area contributed by atoms with Crippen molar-refractivity contribution in [3.8, 4) is 5.69 Å². The van der Waals surface area contributed by atoms with Gasteiger partial charge in [-0.2, -0.15) is 0 Å². The van der Waals surface area contributed by atoms with Crippen LogP contribution < -0.4 is 10.8 Å². The predicted molar refractivity (Wildman–Crippen MR) is 119 cm³/mol. The Morgan fingerprint density at radius 1 is 0.733 bits per heavy atom. The Morgan fingerprint density at radius 3 is 2.00 bits per heavy atom. The number of fused-ring (bicyclic) bond motifs is 2. The van der Waals surface area contributed by atoms with E-state index in [4.69, 9.17) is 15.4 Å². The average Bonchev–Trinajstić information content (AvgIpc) is 2.76. The van der Waals surface area contributed by atoms with Crippen LogP contribution >= 0.6 is 0 Å². The first-order chi connectivity index (χ1) is 14.6. The topological polar surface area (TPSA) is 79.5 Å². The maximum Gasteiger partial charge on any atom is 0.199 e. The van der Waals surface area contributed by atoms with Crippen LogP contribution in [-0.4, -0.2) is 19.5 Å². The maximum atomic E-state index is 8.89. The van der Waals surface area contributed by atoms with Crippen molar-refractivity contribution in [1.29, 1.82) is 5.41 Å². The zero-order chi connectivity index (χ0) is 20.7. The number of para-hydroxylation sites is 2. The van der Waals surface area contributed by atoms with Crippen molar-refractivity contribution in [2.45, 2.75) is 13.8 Å². The molecule has 0 saturated heterocycles. The van der Waals surface area contributed by atoms with Crippen LogP contribution in [0.1, 0.15) is 11.1 Å². The zero-order valence-corrected chi connectivity index (χ0v) is 16.7. The van der Waals surface area contributed by atoms with Crippen molar-refractivity contribution in [2.75, 3.05) is 5.32 Å². The summed E-state index contributed by atoms with van der Waals surface area (Å²) >= 11 is 0. The van der Waals surface area contributed by atoms with Crippen LogP contribution in [0.5, 0.6) is 0 Å². The molecule has 0 radical (unpaired) electrons. The van der Waals surface area contributed by atoms with E-state index in [1.807, 2.05) is 86.6 Å². The molecular weight excluding hydrogens is 372 g/mol. The summed E-state index contributed by atoms with van der Waals surface area (Å²) in [6, 6.07) is 23.7. The molecule has 0 fully saturated rings. The number of aromatic nitrogens is 4. The number of hydrogen-bond acceptors (Lipinski definition) is 5. The molecule has 0 spiro atoms. The Hall–Kier alpha value is -4.06. The molecule has 0 unspecified atom stereocenters. The molecule has 3 aromatic carbocycles. The van der Waals surface area contributed by atoms with Gasteiger partial charge in [-0.1, -0.05) is 47.5 Å². The first-order valence-electron chi connectivity index (χ1n) is 9.73. The molecule has 0 aliphatic rings. The number of anilines is 2. The summed E-state index contributed by atoms with van der Waals surface area (Å²) in [5.41, 5.74) is 6.83. The third kappa shape index (κ3) is 3.18. The minimum atomic E-state index is 0.219. The molecule has 0 atom stereocenters. The van der Waals surface area contributed by atoms with E-state index >= 15 is 0 Å². The summed E-state index contributed by atoms with van der Waals surface area (Å²) in [6.45, 7) is 4.08. The van der Waals surface area contributed by atoms with Gasteiger partial charge in [-0.05, 0) is 50.2 Å². The molecule has 0 saturated carbocycles. The summed E-state index contributed by atoms with van der Waals surface area (Å²) in [6.07, 6.45) is 0.